The summed E-state index contributed by atoms with van der Waals surface area (Å²) >= 11 is 0. The molecule has 0 spiro atoms. The van der Waals surface area contributed by atoms with Crippen LogP contribution in [0.15, 0.2) is 18.2 Å². The second-order valence-corrected chi connectivity index (χ2v) is 10.7. The fraction of sp³-hybridized carbons (Fsp3) is 0.667. The Hall–Kier alpha value is -3.14. The predicted molar refractivity (Wildman–Crippen MR) is 150 cm³/mol. The number of ether oxygens (including phenoxy) is 4. The Morgan fingerprint density at radius 2 is 1.43 bits per heavy atom. The van der Waals surface area contributed by atoms with E-state index in [9.17, 15) is 24.3 Å². The number of hydrogen-bond donors (Lipinski definition) is 2. The second kappa shape index (κ2) is 17.5. The van der Waals surface area contributed by atoms with Crippen LogP contribution in [0.3, 0.4) is 0 Å². The number of rotatable bonds is 17. The third-order valence-corrected chi connectivity index (χ3v) is 6.97. The van der Waals surface area contributed by atoms with Gasteiger partial charge in [0.05, 0.1) is 6.61 Å². The molecular weight excluding hydrogens is 518 g/mol. The third kappa shape index (κ3) is 11.9. The van der Waals surface area contributed by atoms with Crippen LogP contribution >= 0.6 is 0 Å². The number of carboxylic acid groups (broad SMARTS) is 1. The monoisotopic (exact) mass is 565 g/mol. The van der Waals surface area contributed by atoms with Gasteiger partial charge in [-0.25, -0.2) is 4.79 Å². The molecule has 0 saturated heterocycles. The molecule has 0 radical (unpaired) electrons. The summed E-state index contributed by atoms with van der Waals surface area (Å²) in [6.07, 6.45) is 2.28. The fourth-order valence-electron chi connectivity index (χ4n) is 4.09. The van der Waals surface area contributed by atoms with Gasteiger partial charge in [0, 0.05) is 18.8 Å². The quantitative estimate of drug-likeness (QED) is 0.174. The van der Waals surface area contributed by atoms with Gasteiger partial charge in [-0.2, -0.15) is 0 Å². The van der Waals surface area contributed by atoms with E-state index in [1.54, 1.807) is 19.9 Å². The van der Waals surface area contributed by atoms with Crippen molar-refractivity contribution in [2.45, 2.75) is 105 Å². The Morgan fingerprint density at radius 1 is 0.875 bits per heavy atom. The van der Waals surface area contributed by atoms with Crippen LogP contribution in [0.1, 0.15) is 98.5 Å². The Balaban J connectivity index is 3.31. The van der Waals surface area contributed by atoms with E-state index >= 15 is 0 Å². The topological polar surface area (TPSA) is 151 Å². The van der Waals surface area contributed by atoms with E-state index in [1.807, 2.05) is 34.6 Å². The van der Waals surface area contributed by atoms with Crippen molar-refractivity contribution in [2.75, 3.05) is 6.61 Å². The average molecular weight is 566 g/mol. The molecule has 0 fully saturated rings. The normalized spacial score (nSPS) is 15.6. The lowest BCUT2D eigenvalue weighted by Crippen LogP contribution is -2.40. The van der Waals surface area contributed by atoms with E-state index in [0.29, 0.717) is 12.0 Å². The zero-order chi connectivity index (χ0) is 30.4. The summed E-state index contributed by atoms with van der Waals surface area (Å²) in [4.78, 5) is 49.2. The zero-order valence-corrected chi connectivity index (χ0v) is 24.9. The van der Waals surface area contributed by atoms with Crippen molar-refractivity contribution in [1.29, 1.82) is 0 Å². The zero-order valence-electron chi connectivity index (χ0n) is 24.9. The van der Waals surface area contributed by atoms with Crippen molar-refractivity contribution in [1.82, 2.24) is 0 Å². The number of aliphatic carboxylic acids is 1. The van der Waals surface area contributed by atoms with Crippen LogP contribution in [-0.2, 0) is 23.9 Å². The molecule has 0 bridgehead atoms. The third-order valence-electron chi connectivity index (χ3n) is 6.97. The number of benzene rings is 1. The van der Waals surface area contributed by atoms with Gasteiger partial charge in [-0.3, -0.25) is 14.4 Å². The van der Waals surface area contributed by atoms with E-state index < -0.39 is 41.9 Å². The number of carbonyl (C=O) groups excluding carboxylic acids is 3. The lowest BCUT2D eigenvalue weighted by Gasteiger charge is -2.28. The molecule has 0 heterocycles. The summed E-state index contributed by atoms with van der Waals surface area (Å²) in [7, 11) is 0. The van der Waals surface area contributed by atoms with Gasteiger partial charge in [-0.05, 0) is 48.8 Å². The Labute approximate surface area is 237 Å². The molecule has 10 heteroatoms. The molecule has 5 unspecified atom stereocenters. The minimum atomic E-state index is -1.36. The van der Waals surface area contributed by atoms with Gasteiger partial charge in [-0.15, -0.1) is 0 Å². The smallest absolute Gasteiger partial charge is 0.480 e. The number of carboxylic acids is 1. The predicted octanol–water partition coefficient (Wildman–Crippen LogP) is 5.84. The van der Waals surface area contributed by atoms with Crippen LogP contribution in [-0.4, -0.2) is 47.9 Å². The van der Waals surface area contributed by atoms with E-state index in [1.165, 1.54) is 12.1 Å². The van der Waals surface area contributed by atoms with E-state index in [0.717, 1.165) is 19.3 Å². The summed E-state index contributed by atoms with van der Waals surface area (Å²) < 4.78 is 21.6. The van der Waals surface area contributed by atoms with Crippen LogP contribution < -0.4 is 15.2 Å². The molecule has 1 aromatic carbocycles. The van der Waals surface area contributed by atoms with Crippen LogP contribution in [0.2, 0.25) is 0 Å². The highest BCUT2D eigenvalue weighted by molar-refractivity contribution is 5.77. The Bertz CT molecular complexity index is 980. The molecule has 40 heavy (non-hydrogen) atoms. The first kappa shape index (κ1) is 34.9. The number of hydrogen-bond acceptors (Lipinski definition) is 9. The van der Waals surface area contributed by atoms with Gasteiger partial charge in [0.15, 0.2) is 11.5 Å². The highest BCUT2D eigenvalue weighted by atomic mass is 16.7. The fourth-order valence-corrected chi connectivity index (χ4v) is 4.09. The largest absolute Gasteiger partial charge is 0.508 e. The molecule has 10 nitrogen and oxygen atoms in total. The molecule has 0 aromatic heterocycles. The standard InChI is InChI=1S/C30H47NO9/c1-8-11-21(7)38-30(36)37-17-20(6)27(28(31)29(34)35)22-12-13-23(39-25(32)14-18(4)9-2)24(16-22)40-26(33)15-19(5)10-3/h12-13,16,18-21,27-28H,8-11,14-15,17,31H2,1-7H3,(H,34,35)/t18?,19?,20?,21?,27?,28-/m0/s1. The van der Waals surface area contributed by atoms with Crippen molar-refractivity contribution in [3.63, 3.8) is 0 Å². The van der Waals surface area contributed by atoms with Crippen LogP contribution in [0.4, 0.5) is 4.79 Å². The van der Waals surface area contributed by atoms with Gasteiger partial charge in [0.2, 0.25) is 0 Å². The number of nitrogens with two attached hydrogens (primary N) is 1. The van der Waals surface area contributed by atoms with Crippen molar-refractivity contribution in [2.24, 2.45) is 23.5 Å². The van der Waals surface area contributed by atoms with E-state index in [4.69, 9.17) is 24.7 Å². The van der Waals surface area contributed by atoms with Crippen molar-refractivity contribution in [3.05, 3.63) is 23.8 Å². The maximum atomic E-state index is 12.7. The SMILES string of the molecule is CCCC(C)OC(=O)OCC(C)C(c1ccc(OC(=O)CC(C)CC)c(OC(=O)CC(C)CC)c1)[C@H](N)C(=O)O. The number of carbonyl (C=O) groups is 4. The van der Waals surface area contributed by atoms with Crippen molar-refractivity contribution >= 4 is 24.1 Å². The molecule has 0 aliphatic carbocycles. The molecule has 3 N–H and O–H groups in total. The summed E-state index contributed by atoms with van der Waals surface area (Å²) in [6.45, 7) is 13.1. The maximum absolute atomic E-state index is 12.7. The van der Waals surface area contributed by atoms with Gasteiger partial charge in [0.1, 0.15) is 12.1 Å². The molecule has 0 saturated carbocycles. The van der Waals surface area contributed by atoms with E-state index in [-0.39, 0.29) is 48.9 Å². The van der Waals surface area contributed by atoms with E-state index in [2.05, 4.69) is 0 Å². The number of esters is 2. The minimum Gasteiger partial charge on any atom is -0.480 e. The second-order valence-electron chi connectivity index (χ2n) is 10.7. The highest BCUT2D eigenvalue weighted by Gasteiger charge is 2.33. The van der Waals surface area contributed by atoms with Gasteiger partial charge in [0.25, 0.3) is 0 Å². The maximum Gasteiger partial charge on any atom is 0.508 e. The van der Waals surface area contributed by atoms with Gasteiger partial charge >= 0.3 is 24.1 Å². The Morgan fingerprint density at radius 3 is 1.93 bits per heavy atom. The first-order valence-electron chi connectivity index (χ1n) is 14.2. The summed E-state index contributed by atoms with van der Waals surface area (Å²) in [6, 6.07) is 3.14. The molecule has 1 rings (SSSR count). The molecule has 6 atom stereocenters. The van der Waals surface area contributed by atoms with Crippen LogP contribution in [0, 0.1) is 17.8 Å². The van der Waals surface area contributed by atoms with Crippen LogP contribution in [0.5, 0.6) is 11.5 Å². The minimum absolute atomic E-state index is 0.00758. The average Bonchev–Trinajstić information content (AvgIpc) is 2.88. The summed E-state index contributed by atoms with van der Waals surface area (Å²) in [5.41, 5.74) is 6.50. The first-order valence-corrected chi connectivity index (χ1v) is 14.2. The Kier molecular flexibility index (Phi) is 15.3. The summed E-state index contributed by atoms with van der Waals surface area (Å²) in [5.74, 6) is -3.40. The van der Waals surface area contributed by atoms with Crippen molar-refractivity contribution in [3.8, 4) is 11.5 Å². The molecular formula is C30H47NO9. The molecule has 0 aliphatic rings. The molecule has 0 aliphatic heterocycles. The van der Waals surface area contributed by atoms with Crippen LogP contribution in [0.25, 0.3) is 0 Å². The lowest BCUT2D eigenvalue weighted by molar-refractivity contribution is -0.139. The highest BCUT2D eigenvalue weighted by Crippen LogP contribution is 2.36. The molecule has 1 aromatic rings. The first-order chi connectivity index (χ1) is 18.8. The summed E-state index contributed by atoms with van der Waals surface area (Å²) in [5, 5.41) is 9.73. The lowest BCUT2D eigenvalue weighted by atomic mass is 9.82. The van der Waals surface area contributed by atoms with Gasteiger partial charge < -0.3 is 29.8 Å². The molecule has 0 amide bonds. The van der Waals surface area contributed by atoms with Gasteiger partial charge in [-0.1, -0.05) is 66.9 Å². The van der Waals surface area contributed by atoms with Crippen molar-refractivity contribution < 1.29 is 43.2 Å². The molecule has 226 valence electrons.